The van der Waals surface area contributed by atoms with Crippen LogP contribution >= 0.6 is 0 Å². The molecule has 0 bridgehead atoms. The Bertz CT molecular complexity index is 696. The fourth-order valence-electron chi connectivity index (χ4n) is 2.47. The molecular weight excluding hydrogens is 398 g/mol. The minimum absolute atomic E-state index is 0.532. The second-order valence-corrected chi connectivity index (χ2v) is 7.21. The van der Waals surface area contributed by atoms with Crippen LogP contribution in [-0.2, 0) is 35.8 Å². The van der Waals surface area contributed by atoms with Crippen LogP contribution in [0.15, 0.2) is 37.4 Å². The van der Waals surface area contributed by atoms with Crippen molar-refractivity contribution >= 4 is 11.9 Å². The van der Waals surface area contributed by atoms with Gasteiger partial charge < -0.3 is 15.9 Å². The van der Waals surface area contributed by atoms with Crippen LogP contribution in [0.2, 0.25) is 0 Å². The molecule has 0 saturated heterocycles. The van der Waals surface area contributed by atoms with Gasteiger partial charge in [0, 0.05) is 0 Å². The summed E-state index contributed by atoms with van der Waals surface area (Å²) in [7, 11) is 0. The Hall–Kier alpha value is -2.68. The Kier molecular flexibility index (Phi) is 15.6. The highest BCUT2D eigenvalue weighted by atomic mass is 16.4. The molecule has 9 nitrogen and oxygen atoms in total. The maximum Gasteiger partial charge on any atom is 0.321 e. The van der Waals surface area contributed by atoms with Gasteiger partial charge in [0.1, 0.15) is 30.8 Å². The van der Waals surface area contributed by atoms with E-state index in [0.29, 0.717) is 0 Å². The zero-order valence-corrected chi connectivity index (χ0v) is 19.5. The molecule has 2 aromatic heterocycles. The molecular formula is C22H41N5O4+2. The molecule has 0 aliphatic rings. The van der Waals surface area contributed by atoms with Gasteiger partial charge in [-0.3, -0.25) is 9.59 Å². The summed E-state index contributed by atoms with van der Waals surface area (Å²) < 4.78 is 8.87. The number of imidazole rings is 2. The van der Waals surface area contributed by atoms with Crippen LogP contribution in [0.5, 0.6) is 0 Å². The number of carboxylic acids is 2. The first kappa shape index (κ1) is 28.3. The fraction of sp³-hybridized carbons (Fsp3) is 0.636. The maximum atomic E-state index is 9.85. The molecule has 176 valence electrons. The molecule has 0 fully saturated rings. The van der Waals surface area contributed by atoms with Gasteiger partial charge in [0.25, 0.3) is 0 Å². The number of carboxylic acid groups (broad SMARTS) is 2. The molecule has 0 amide bonds. The van der Waals surface area contributed by atoms with Gasteiger partial charge >= 0.3 is 11.9 Å². The molecule has 2 heterocycles. The number of aliphatic carboxylic acids is 2. The van der Waals surface area contributed by atoms with E-state index in [2.05, 4.69) is 83.4 Å². The molecule has 2 rings (SSSR count). The normalized spacial score (nSPS) is 11.0. The smallest absolute Gasteiger partial charge is 0.321 e. The standard InChI is InChI=1S/2C9H17N2.C4H7NO4/c2*1-3-5-6-11-8-7-10(4-2)9-11;5-2(4(8)9)1-3(6)7/h2*7-9H,3-6H2,1-2H3;2H,1,5H2,(H,6,7)(H,8,9)/q2*+1;/t;;2-/m..0/s1. The molecule has 9 heteroatoms. The van der Waals surface area contributed by atoms with Gasteiger partial charge in [-0.15, -0.1) is 0 Å². The van der Waals surface area contributed by atoms with Crippen molar-refractivity contribution in [1.29, 1.82) is 0 Å². The number of carbonyl (C=O) groups is 2. The molecule has 0 spiro atoms. The third kappa shape index (κ3) is 14.0. The lowest BCUT2D eigenvalue weighted by atomic mass is 10.2. The zero-order valence-electron chi connectivity index (χ0n) is 19.5. The Labute approximate surface area is 185 Å². The van der Waals surface area contributed by atoms with Crippen LogP contribution in [0, 0.1) is 0 Å². The van der Waals surface area contributed by atoms with E-state index in [-0.39, 0.29) is 0 Å². The summed E-state index contributed by atoms with van der Waals surface area (Å²) >= 11 is 0. The van der Waals surface area contributed by atoms with E-state index < -0.39 is 24.4 Å². The lowest BCUT2D eigenvalue weighted by Crippen LogP contribution is -2.32. The summed E-state index contributed by atoms with van der Waals surface area (Å²) in [6.45, 7) is 13.2. The van der Waals surface area contributed by atoms with Crippen molar-refractivity contribution < 1.29 is 28.9 Å². The van der Waals surface area contributed by atoms with Gasteiger partial charge in [0.2, 0.25) is 12.7 Å². The Balaban J connectivity index is 0.000000439. The molecule has 2 aromatic rings. The molecule has 0 aliphatic carbocycles. The molecule has 0 unspecified atom stereocenters. The second-order valence-electron chi connectivity index (χ2n) is 7.21. The van der Waals surface area contributed by atoms with Gasteiger partial charge in [-0.2, -0.15) is 0 Å². The molecule has 4 N–H and O–H groups in total. The fourth-order valence-corrected chi connectivity index (χ4v) is 2.47. The van der Waals surface area contributed by atoms with Gasteiger partial charge in [0.15, 0.2) is 0 Å². The maximum absolute atomic E-state index is 9.85. The molecule has 0 saturated carbocycles. The Morgan fingerprint density at radius 1 is 0.871 bits per heavy atom. The van der Waals surface area contributed by atoms with Crippen molar-refractivity contribution in [1.82, 2.24) is 9.13 Å². The number of nitrogens with zero attached hydrogens (tertiary/aromatic N) is 4. The first-order valence-corrected chi connectivity index (χ1v) is 11.1. The second kappa shape index (κ2) is 17.0. The van der Waals surface area contributed by atoms with Gasteiger partial charge in [0.05, 0.1) is 32.6 Å². The highest BCUT2D eigenvalue weighted by Crippen LogP contribution is 1.89. The van der Waals surface area contributed by atoms with Crippen molar-refractivity contribution in [2.75, 3.05) is 0 Å². The largest absolute Gasteiger partial charge is 0.481 e. The summed E-state index contributed by atoms with van der Waals surface area (Å²) in [5.41, 5.74) is 4.84. The molecule has 0 radical (unpaired) electrons. The molecule has 31 heavy (non-hydrogen) atoms. The van der Waals surface area contributed by atoms with E-state index in [0.717, 1.165) is 26.2 Å². The monoisotopic (exact) mass is 439 g/mol. The lowest BCUT2D eigenvalue weighted by molar-refractivity contribution is -0.697. The summed E-state index contributed by atoms with van der Waals surface area (Å²) in [5, 5.41) is 16.0. The Morgan fingerprint density at radius 2 is 1.29 bits per heavy atom. The predicted molar refractivity (Wildman–Crippen MR) is 118 cm³/mol. The average Bonchev–Trinajstić information content (AvgIpc) is 3.40. The van der Waals surface area contributed by atoms with E-state index in [1.807, 2.05) is 0 Å². The average molecular weight is 440 g/mol. The minimum atomic E-state index is -1.29. The molecule has 0 aliphatic heterocycles. The van der Waals surface area contributed by atoms with Crippen LogP contribution in [-0.4, -0.2) is 37.3 Å². The summed E-state index contributed by atoms with van der Waals surface area (Å²) in [4.78, 5) is 19.6. The number of hydrogen-bond acceptors (Lipinski definition) is 3. The molecule has 1 atom stereocenters. The van der Waals surface area contributed by atoms with Crippen molar-refractivity contribution in [3.8, 4) is 0 Å². The van der Waals surface area contributed by atoms with Crippen molar-refractivity contribution in [2.45, 2.75) is 92.0 Å². The quantitative estimate of drug-likeness (QED) is 0.463. The van der Waals surface area contributed by atoms with E-state index in [4.69, 9.17) is 15.9 Å². The van der Waals surface area contributed by atoms with Gasteiger partial charge in [-0.25, -0.2) is 18.3 Å². The number of hydrogen-bond donors (Lipinski definition) is 3. The Morgan fingerprint density at radius 3 is 1.52 bits per heavy atom. The van der Waals surface area contributed by atoms with E-state index in [1.165, 1.54) is 25.7 Å². The first-order valence-electron chi connectivity index (χ1n) is 11.1. The number of aromatic nitrogens is 4. The van der Waals surface area contributed by atoms with Crippen LogP contribution in [0.4, 0.5) is 0 Å². The predicted octanol–water partition coefficient (Wildman–Crippen LogP) is 2.06. The van der Waals surface area contributed by atoms with E-state index in [9.17, 15) is 9.59 Å². The van der Waals surface area contributed by atoms with Crippen molar-refractivity contribution in [3.05, 3.63) is 37.4 Å². The van der Waals surface area contributed by atoms with Crippen LogP contribution in [0.1, 0.15) is 59.8 Å². The van der Waals surface area contributed by atoms with Crippen LogP contribution in [0.25, 0.3) is 0 Å². The zero-order chi connectivity index (χ0) is 23.6. The topological polar surface area (TPSA) is 118 Å². The highest BCUT2D eigenvalue weighted by Gasteiger charge is 2.14. The van der Waals surface area contributed by atoms with Crippen molar-refractivity contribution in [3.63, 3.8) is 0 Å². The third-order valence-corrected chi connectivity index (χ3v) is 4.47. The number of unbranched alkanes of at least 4 members (excludes halogenated alkanes) is 2. The van der Waals surface area contributed by atoms with Crippen LogP contribution in [0.3, 0.4) is 0 Å². The van der Waals surface area contributed by atoms with Crippen LogP contribution < -0.4 is 14.9 Å². The lowest BCUT2D eigenvalue weighted by Gasteiger charge is -1.99. The number of nitrogens with two attached hydrogens (primary N) is 1. The highest BCUT2D eigenvalue weighted by molar-refractivity contribution is 5.80. The third-order valence-electron chi connectivity index (χ3n) is 4.47. The van der Waals surface area contributed by atoms with Crippen molar-refractivity contribution in [2.24, 2.45) is 5.73 Å². The summed E-state index contributed by atoms with van der Waals surface area (Å²) in [5.74, 6) is -2.50. The van der Waals surface area contributed by atoms with E-state index >= 15 is 0 Å². The summed E-state index contributed by atoms with van der Waals surface area (Å²) in [6.07, 6.45) is 17.4. The summed E-state index contributed by atoms with van der Waals surface area (Å²) in [6, 6.07) is -1.29. The SMILES string of the molecule is CCCC[n+]1ccn(CC)c1.CCCC[n+]1ccn(CC)c1.N[C@@H](CC(=O)O)C(=O)O. The number of aryl methyl sites for hydroxylation is 4. The van der Waals surface area contributed by atoms with Gasteiger partial charge in [-0.05, 0) is 26.7 Å². The molecule has 0 aromatic carbocycles. The van der Waals surface area contributed by atoms with E-state index in [1.54, 1.807) is 0 Å². The minimum Gasteiger partial charge on any atom is -0.481 e. The van der Waals surface area contributed by atoms with Gasteiger partial charge in [-0.1, -0.05) is 26.7 Å². The number of rotatable bonds is 11. The first-order chi connectivity index (χ1) is 14.8.